The molecule has 1 saturated carbocycles. The van der Waals surface area contributed by atoms with Crippen LogP contribution in [0, 0.1) is 5.92 Å². The summed E-state index contributed by atoms with van der Waals surface area (Å²) in [5.41, 5.74) is 2.11. The molecule has 4 heterocycles. The molecule has 1 aliphatic carbocycles. The van der Waals surface area contributed by atoms with Gasteiger partial charge in [-0.2, -0.15) is 0 Å². The minimum Gasteiger partial charge on any atom is -0.488 e. The first kappa shape index (κ1) is 16.0. The minimum atomic E-state index is 0.243. The van der Waals surface area contributed by atoms with E-state index in [1.807, 2.05) is 11.0 Å². The highest BCUT2D eigenvalue weighted by Gasteiger charge is 2.40. The normalized spacial score (nSPS) is 35.6. The van der Waals surface area contributed by atoms with Crippen molar-refractivity contribution in [1.82, 2.24) is 4.90 Å². The summed E-state index contributed by atoms with van der Waals surface area (Å²) in [5, 5.41) is 0.717. The van der Waals surface area contributed by atoms with E-state index in [0.29, 0.717) is 17.9 Å². The van der Waals surface area contributed by atoms with Crippen molar-refractivity contribution >= 4 is 23.7 Å². The zero-order chi connectivity index (χ0) is 17.0. The molecule has 0 radical (unpaired) electrons. The van der Waals surface area contributed by atoms with Crippen LogP contribution in [0.25, 0.3) is 0 Å². The fourth-order valence-corrected chi connectivity index (χ4v) is 5.71. The number of carbonyl (C=O) groups is 1. The van der Waals surface area contributed by atoms with Crippen LogP contribution in [0.15, 0.2) is 12.1 Å². The number of hydrogen-bond donors (Lipinski definition) is 0. The van der Waals surface area contributed by atoms with E-state index in [0.717, 1.165) is 42.3 Å². The molecule has 3 saturated heterocycles. The Balaban J connectivity index is 1.56. The third-order valence-corrected chi connectivity index (χ3v) is 7.00. The fourth-order valence-electron chi connectivity index (χ4n) is 5.49. The number of nitrogens with zero attached hydrogens (tertiary/aromatic N) is 2. The van der Waals surface area contributed by atoms with Gasteiger partial charge in [0.1, 0.15) is 5.75 Å². The Labute approximate surface area is 154 Å². The third kappa shape index (κ3) is 2.65. The van der Waals surface area contributed by atoms with Crippen molar-refractivity contribution in [2.24, 2.45) is 5.92 Å². The summed E-state index contributed by atoms with van der Waals surface area (Å²) in [4.78, 5) is 16.5. The lowest BCUT2D eigenvalue weighted by molar-refractivity contribution is -0.108. The number of rotatable bonds is 3. The molecule has 0 spiro atoms. The van der Waals surface area contributed by atoms with Gasteiger partial charge in [-0.25, -0.2) is 0 Å². The molecule has 134 valence electrons. The van der Waals surface area contributed by atoms with Crippen LogP contribution >= 0.6 is 11.6 Å². The van der Waals surface area contributed by atoms with E-state index in [2.05, 4.69) is 11.0 Å². The lowest BCUT2D eigenvalue weighted by Crippen LogP contribution is -2.57. The van der Waals surface area contributed by atoms with Crippen LogP contribution < -0.4 is 9.64 Å². The summed E-state index contributed by atoms with van der Waals surface area (Å²) in [6.45, 7) is 3.31. The maximum Gasteiger partial charge on any atom is 0.214 e. The van der Waals surface area contributed by atoms with Gasteiger partial charge in [-0.3, -0.25) is 4.79 Å². The predicted octanol–water partition coefficient (Wildman–Crippen LogP) is 3.82. The molecule has 4 fully saturated rings. The van der Waals surface area contributed by atoms with Gasteiger partial charge in [0.25, 0.3) is 0 Å². The highest BCUT2D eigenvalue weighted by atomic mass is 35.5. The molecule has 4 aliphatic heterocycles. The lowest BCUT2D eigenvalue weighted by atomic mass is 9.79. The zero-order valence-electron chi connectivity index (χ0n) is 14.5. The van der Waals surface area contributed by atoms with Gasteiger partial charge in [0.2, 0.25) is 6.41 Å². The molecule has 6 rings (SSSR count). The quantitative estimate of drug-likeness (QED) is 0.768. The number of fused-ring (bicyclic) bond motifs is 7. The van der Waals surface area contributed by atoms with Crippen LogP contribution in [-0.2, 0) is 4.79 Å². The van der Waals surface area contributed by atoms with Crippen LogP contribution in [-0.4, -0.2) is 43.1 Å². The largest absolute Gasteiger partial charge is 0.488 e. The van der Waals surface area contributed by atoms with Gasteiger partial charge in [-0.15, -0.1) is 0 Å². The van der Waals surface area contributed by atoms with Gasteiger partial charge in [0.15, 0.2) is 0 Å². The van der Waals surface area contributed by atoms with E-state index in [1.165, 1.54) is 44.3 Å². The van der Waals surface area contributed by atoms with Crippen molar-refractivity contribution in [1.29, 1.82) is 0 Å². The van der Waals surface area contributed by atoms with Crippen molar-refractivity contribution in [3.05, 3.63) is 22.7 Å². The van der Waals surface area contributed by atoms with Gasteiger partial charge in [-0.1, -0.05) is 11.6 Å². The molecular formula is C20H25ClN2O2. The monoisotopic (exact) mass is 360 g/mol. The predicted molar refractivity (Wildman–Crippen MR) is 98.6 cm³/mol. The van der Waals surface area contributed by atoms with Gasteiger partial charge in [0.05, 0.1) is 17.8 Å². The third-order valence-electron chi connectivity index (χ3n) is 6.78. The molecule has 25 heavy (non-hydrogen) atoms. The Hall–Kier alpha value is -1.26. The molecule has 1 aromatic carbocycles. The molecule has 3 unspecified atom stereocenters. The number of amides is 1. The van der Waals surface area contributed by atoms with Crippen LogP contribution in [0.2, 0.25) is 5.02 Å². The second-order valence-electron chi connectivity index (χ2n) is 8.16. The molecule has 0 aromatic heterocycles. The Bertz CT molecular complexity index is 687. The molecule has 1 amide bonds. The molecule has 1 aromatic rings. The SMILES string of the molecule is O=CN(c1cc(Cl)cc2c1OC1CCCC2C1)C1CN2CCC1CC2. The summed E-state index contributed by atoms with van der Waals surface area (Å²) in [5.74, 6) is 2.04. The Morgan fingerprint density at radius 2 is 2.04 bits per heavy atom. The molecule has 3 atom stereocenters. The van der Waals surface area contributed by atoms with Crippen molar-refractivity contribution < 1.29 is 9.53 Å². The van der Waals surface area contributed by atoms with E-state index in [4.69, 9.17) is 16.3 Å². The maximum absolute atomic E-state index is 12.1. The summed E-state index contributed by atoms with van der Waals surface area (Å²) in [7, 11) is 0. The molecule has 5 aliphatic rings. The molecule has 5 heteroatoms. The number of piperidine rings is 3. The Morgan fingerprint density at radius 3 is 2.76 bits per heavy atom. The van der Waals surface area contributed by atoms with E-state index in [9.17, 15) is 4.79 Å². The first-order valence-electron chi connectivity index (χ1n) is 9.69. The number of halogens is 1. The zero-order valence-corrected chi connectivity index (χ0v) is 15.3. The van der Waals surface area contributed by atoms with E-state index < -0.39 is 0 Å². The second-order valence-corrected chi connectivity index (χ2v) is 8.60. The van der Waals surface area contributed by atoms with Crippen LogP contribution in [0.1, 0.15) is 50.0 Å². The summed E-state index contributed by atoms with van der Waals surface area (Å²) >= 11 is 6.47. The van der Waals surface area contributed by atoms with Gasteiger partial charge < -0.3 is 14.5 Å². The Kier molecular flexibility index (Phi) is 3.94. The fraction of sp³-hybridized carbons (Fsp3) is 0.650. The van der Waals surface area contributed by atoms with Crippen LogP contribution in [0.3, 0.4) is 0 Å². The Morgan fingerprint density at radius 1 is 1.20 bits per heavy atom. The highest BCUT2D eigenvalue weighted by Crippen LogP contribution is 2.50. The first-order valence-corrected chi connectivity index (χ1v) is 10.1. The van der Waals surface area contributed by atoms with Gasteiger partial charge in [0, 0.05) is 17.1 Å². The van der Waals surface area contributed by atoms with E-state index >= 15 is 0 Å². The van der Waals surface area contributed by atoms with Crippen molar-refractivity contribution in [3.8, 4) is 5.75 Å². The molecule has 4 bridgehead atoms. The average molecular weight is 361 g/mol. The maximum atomic E-state index is 12.1. The van der Waals surface area contributed by atoms with Crippen LogP contribution in [0.5, 0.6) is 5.75 Å². The highest BCUT2D eigenvalue weighted by molar-refractivity contribution is 6.31. The standard InChI is InChI=1S/C20H25ClN2O2/c21-15-9-17-14-2-1-3-16(8-14)25-20(17)18(10-15)23(12-24)19-11-22-6-4-13(19)5-7-22/h9-10,12-14,16,19H,1-8,11H2. The van der Waals surface area contributed by atoms with Gasteiger partial charge >= 0.3 is 0 Å². The van der Waals surface area contributed by atoms with Crippen molar-refractivity contribution in [2.75, 3.05) is 24.5 Å². The van der Waals surface area contributed by atoms with E-state index in [-0.39, 0.29) is 6.04 Å². The smallest absolute Gasteiger partial charge is 0.214 e. The number of hydrogen-bond acceptors (Lipinski definition) is 3. The minimum absolute atomic E-state index is 0.243. The number of ether oxygens (including phenoxy) is 1. The lowest BCUT2D eigenvalue weighted by Gasteiger charge is -2.48. The molecule has 4 nitrogen and oxygen atoms in total. The topological polar surface area (TPSA) is 32.8 Å². The van der Waals surface area contributed by atoms with Crippen LogP contribution in [0.4, 0.5) is 5.69 Å². The summed E-state index contributed by atoms with van der Waals surface area (Å²) < 4.78 is 6.37. The first-order chi connectivity index (χ1) is 12.2. The summed E-state index contributed by atoms with van der Waals surface area (Å²) in [6, 6.07) is 4.24. The molecular weight excluding hydrogens is 336 g/mol. The van der Waals surface area contributed by atoms with Crippen molar-refractivity contribution in [2.45, 2.75) is 56.6 Å². The van der Waals surface area contributed by atoms with Crippen molar-refractivity contribution in [3.63, 3.8) is 0 Å². The molecule has 0 N–H and O–H groups in total. The second kappa shape index (κ2) is 6.17. The summed E-state index contributed by atoms with van der Waals surface area (Å²) in [6.07, 6.45) is 8.31. The average Bonchev–Trinajstić information content (AvgIpc) is 2.65. The van der Waals surface area contributed by atoms with Gasteiger partial charge in [-0.05, 0) is 75.6 Å². The number of anilines is 1. The van der Waals surface area contributed by atoms with E-state index in [1.54, 1.807) is 0 Å². The number of benzene rings is 1. The number of carbonyl (C=O) groups excluding carboxylic acids is 1.